The molecule has 0 spiro atoms. The maximum atomic E-state index is 13.1. The fourth-order valence-electron chi connectivity index (χ4n) is 5.00. The van der Waals surface area contributed by atoms with Crippen LogP contribution in [0.4, 0.5) is 4.79 Å². The van der Waals surface area contributed by atoms with Gasteiger partial charge < -0.3 is 20.1 Å². The fraction of sp³-hybridized carbons (Fsp3) is 0.538. The smallest absolute Gasteiger partial charge is 0.410 e. The average molecular weight is 453 g/mol. The molecule has 2 heterocycles. The van der Waals surface area contributed by atoms with Crippen LogP contribution < -0.4 is 5.73 Å². The van der Waals surface area contributed by atoms with Gasteiger partial charge in [-0.25, -0.2) is 4.79 Å². The van der Waals surface area contributed by atoms with Crippen LogP contribution in [0.2, 0.25) is 0 Å². The number of rotatable bonds is 9. The molecule has 2 aliphatic rings. The highest BCUT2D eigenvalue weighted by Gasteiger charge is 2.38. The molecule has 178 valence electrons. The predicted octanol–water partition coefficient (Wildman–Crippen LogP) is 3.54. The number of carbonyl (C=O) groups excluding carboxylic acids is 1. The van der Waals surface area contributed by atoms with Crippen molar-refractivity contribution in [1.29, 1.82) is 0 Å². The van der Waals surface area contributed by atoms with Crippen LogP contribution >= 0.6 is 0 Å². The summed E-state index contributed by atoms with van der Waals surface area (Å²) in [6.45, 7) is 2.82. The maximum absolute atomic E-state index is 13.1. The summed E-state index contributed by atoms with van der Waals surface area (Å²) in [7, 11) is 2.14. The lowest BCUT2D eigenvalue weighted by Gasteiger charge is -2.35. The van der Waals surface area contributed by atoms with E-state index in [0.29, 0.717) is 19.7 Å². The molecule has 2 aromatic rings. The molecule has 3 unspecified atom stereocenters. The van der Waals surface area contributed by atoms with Gasteiger partial charge in [-0.1, -0.05) is 36.4 Å². The maximum Gasteiger partial charge on any atom is 0.410 e. The Labute approximate surface area is 196 Å². The van der Waals surface area contributed by atoms with Crippen molar-refractivity contribution >= 4 is 6.09 Å². The molecule has 33 heavy (non-hydrogen) atoms. The van der Waals surface area contributed by atoms with Gasteiger partial charge in [0.2, 0.25) is 0 Å². The monoisotopic (exact) mass is 452 g/mol. The molecule has 7 heteroatoms. The van der Waals surface area contributed by atoms with Crippen LogP contribution in [0.3, 0.4) is 0 Å². The number of likely N-dealkylation sites (N-methyl/N-ethyl adjacent to an activating group) is 1. The number of fused-ring (bicyclic) bond motifs is 1. The molecule has 1 saturated heterocycles. The molecule has 1 aliphatic heterocycles. The van der Waals surface area contributed by atoms with Crippen molar-refractivity contribution in [2.45, 2.75) is 56.9 Å². The van der Waals surface area contributed by atoms with Crippen molar-refractivity contribution < 1.29 is 14.3 Å². The van der Waals surface area contributed by atoms with Crippen molar-refractivity contribution in [3.05, 3.63) is 65.5 Å². The van der Waals surface area contributed by atoms with Crippen molar-refractivity contribution in [2.75, 3.05) is 33.3 Å². The Morgan fingerprint density at radius 2 is 2.09 bits per heavy atom. The van der Waals surface area contributed by atoms with Gasteiger partial charge in [-0.2, -0.15) is 0 Å². The Bertz CT molecular complexity index is 894. The minimum atomic E-state index is -0.274. The zero-order valence-corrected chi connectivity index (χ0v) is 19.6. The molecule has 1 fully saturated rings. The van der Waals surface area contributed by atoms with Crippen LogP contribution in [-0.2, 0) is 22.5 Å². The van der Waals surface area contributed by atoms with Gasteiger partial charge in [0.25, 0.3) is 0 Å². The molecule has 0 radical (unpaired) electrons. The topological polar surface area (TPSA) is 80.9 Å². The highest BCUT2D eigenvalue weighted by atomic mass is 16.6. The Kier molecular flexibility index (Phi) is 8.31. The number of aryl methyl sites for hydroxylation is 1. The Balaban J connectivity index is 1.42. The van der Waals surface area contributed by atoms with E-state index in [0.717, 1.165) is 44.2 Å². The third-order valence-electron chi connectivity index (χ3n) is 6.71. The number of pyridine rings is 1. The quantitative estimate of drug-likeness (QED) is 0.586. The highest BCUT2D eigenvalue weighted by Crippen LogP contribution is 2.33. The second-order valence-electron chi connectivity index (χ2n) is 9.11. The third kappa shape index (κ3) is 6.10. The Morgan fingerprint density at radius 3 is 2.91 bits per heavy atom. The number of amides is 1. The largest absolute Gasteiger partial charge is 0.445 e. The molecule has 0 saturated carbocycles. The van der Waals surface area contributed by atoms with Crippen LogP contribution in [-0.4, -0.2) is 66.3 Å². The first-order chi connectivity index (χ1) is 16.2. The minimum absolute atomic E-state index is 0.0102. The summed E-state index contributed by atoms with van der Waals surface area (Å²) in [4.78, 5) is 22.0. The summed E-state index contributed by atoms with van der Waals surface area (Å²) < 4.78 is 11.7. The van der Waals surface area contributed by atoms with Crippen molar-refractivity contribution in [3.63, 3.8) is 0 Å². The number of aromatic nitrogens is 1. The van der Waals surface area contributed by atoms with Crippen molar-refractivity contribution in [2.24, 2.45) is 5.73 Å². The fourth-order valence-corrected chi connectivity index (χ4v) is 5.00. The summed E-state index contributed by atoms with van der Waals surface area (Å²) in [5, 5.41) is 0. The van der Waals surface area contributed by atoms with E-state index >= 15 is 0 Å². The summed E-state index contributed by atoms with van der Waals surface area (Å²) in [5.74, 6) is 0. The molecule has 1 amide bonds. The Hall–Kier alpha value is -2.48. The summed E-state index contributed by atoms with van der Waals surface area (Å²) in [6, 6.07) is 14.3. The number of ether oxygens (including phenoxy) is 2. The zero-order valence-electron chi connectivity index (χ0n) is 19.6. The summed E-state index contributed by atoms with van der Waals surface area (Å²) in [6.07, 6.45) is 6.58. The number of nitrogens with two attached hydrogens (primary N) is 1. The molecule has 7 nitrogen and oxygen atoms in total. The van der Waals surface area contributed by atoms with Crippen LogP contribution in [0.5, 0.6) is 0 Å². The van der Waals surface area contributed by atoms with Gasteiger partial charge >= 0.3 is 6.09 Å². The first-order valence-electron chi connectivity index (χ1n) is 12.1. The predicted molar refractivity (Wildman–Crippen MR) is 128 cm³/mol. The number of hydrogen-bond donors (Lipinski definition) is 1. The molecule has 4 rings (SSSR count). The normalized spacial score (nSPS) is 22.4. The lowest BCUT2D eigenvalue weighted by Crippen LogP contribution is -2.44. The lowest BCUT2D eigenvalue weighted by atomic mass is 9.91. The van der Waals surface area contributed by atoms with Gasteiger partial charge in [0, 0.05) is 19.3 Å². The first-order valence-corrected chi connectivity index (χ1v) is 12.1. The number of carbonyl (C=O) groups is 1. The molecule has 1 aliphatic carbocycles. The first kappa shape index (κ1) is 23.7. The van der Waals surface area contributed by atoms with Crippen LogP contribution in [0, 0.1) is 0 Å². The number of hydrogen-bond acceptors (Lipinski definition) is 6. The molecule has 3 atom stereocenters. The van der Waals surface area contributed by atoms with E-state index in [4.69, 9.17) is 20.2 Å². The van der Waals surface area contributed by atoms with Crippen LogP contribution in [0.1, 0.15) is 48.5 Å². The summed E-state index contributed by atoms with van der Waals surface area (Å²) >= 11 is 0. The number of nitrogens with zero attached hydrogens (tertiary/aromatic N) is 3. The lowest BCUT2D eigenvalue weighted by molar-refractivity contribution is 0.0529. The Morgan fingerprint density at radius 1 is 1.24 bits per heavy atom. The van der Waals surface area contributed by atoms with Crippen LogP contribution in [0.25, 0.3) is 0 Å². The highest BCUT2D eigenvalue weighted by molar-refractivity contribution is 5.68. The molecular formula is C26H36N4O3. The molecule has 1 aromatic heterocycles. The standard InChI is InChI=1S/C26H36N4O3/c1-29(24-12-5-10-21-11-6-14-28-25(21)24)17-22-16-23(32-15-7-13-27)18-30(22)26(31)33-19-20-8-3-2-4-9-20/h2-4,6,8-9,11,14,22-24H,5,7,10,12-13,15-19,27H2,1H3. The van der Waals surface area contributed by atoms with Crippen molar-refractivity contribution in [3.8, 4) is 0 Å². The van der Waals surface area contributed by atoms with E-state index in [1.165, 1.54) is 11.3 Å². The van der Waals surface area contributed by atoms with Gasteiger partial charge in [-0.05, 0) is 62.9 Å². The molecule has 0 bridgehead atoms. The van der Waals surface area contributed by atoms with Gasteiger partial charge in [-0.3, -0.25) is 9.88 Å². The molecule has 2 N–H and O–H groups in total. The van der Waals surface area contributed by atoms with Gasteiger partial charge in [0.05, 0.1) is 30.4 Å². The minimum Gasteiger partial charge on any atom is -0.445 e. The van der Waals surface area contributed by atoms with E-state index in [-0.39, 0.29) is 30.9 Å². The molecular weight excluding hydrogens is 416 g/mol. The van der Waals surface area contributed by atoms with E-state index in [1.54, 1.807) is 0 Å². The van der Waals surface area contributed by atoms with E-state index in [2.05, 4.69) is 18.0 Å². The molecule has 1 aromatic carbocycles. The second kappa shape index (κ2) is 11.6. The van der Waals surface area contributed by atoms with E-state index < -0.39 is 0 Å². The van der Waals surface area contributed by atoms with E-state index in [1.807, 2.05) is 47.5 Å². The van der Waals surface area contributed by atoms with E-state index in [9.17, 15) is 4.79 Å². The van der Waals surface area contributed by atoms with Gasteiger partial charge in [0.1, 0.15) is 6.61 Å². The zero-order chi connectivity index (χ0) is 23.0. The van der Waals surface area contributed by atoms with Crippen molar-refractivity contribution in [1.82, 2.24) is 14.8 Å². The van der Waals surface area contributed by atoms with Gasteiger partial charge in [-0.15, -0.1) is 0 Å². The SMILES string of the molecule is CN(CC1CC(OCCCN)CN1C(=O)OCc1ccccc1)C1CCCc2cccnc21. The number of likely N-dealkylation sites (tertiary alicyclic amines) is 1. The average Bonchev–Trinajstić information content (AvgIpc) is 3.25. The van der Waals surface area contributed by atoms with Crippen LogP contribution in [0.15, 0.2) is 48.7 Å². The third-order valence-corrected chi connectivity index (χ3v) is 6.71. The number of benzene rings is 1. The second-order valence-corrected chi connectivity index (χ2v) is 9.11. The van der Waals surface area contributed by atoms with Gasteiger partial charge in [0.15, 0.2) is 0 Å². The summed E-state index contributed by atoms with van der Waals surface area (Å²) in [5.41, 5.74) is 9.13.